The largest absolute Gasteiger partial charge is 0.0991 e. The molecule has 1 aliphatic carbocycles. The highest BCUT2D eigenvalue weighted by atomic mass is 31.2. The molecule has 2 aromatic rings. The quantitative estimate of drug-likeness (QED) is 0.722. The Bertz CT molecular complexity index is 446. The van der Waals surface area contributed by atoms with Crippen LogP contribution in [0.1, 0.15) is 12.8 Å². The third-order valence-corrected chi connectivity index (χ3v) is 8.58. The lowest BCUT2D eigenvalue weighted by Gasteiger charge is -2.22. The summed E-state index contributed by atoms with van der Waals surface area (Å²) >= 11 is 0. The van der Waals surface area contributed by atoms with Crippen LogP contribution in [-0.2, 0) is 0 Å². The summed E-state index contributed by atoms with van der Waals surface area (Å²) in [5.41, 5.74) is 0.923. The van der Waals surface area contributed by atoms with Crippen molar-refractivity contribution in [3.63, 3.8) is 0 Å². The number of hydrogen-bond acceptors (Lipinski definition) is 0. The van der Waals surface area contributed by atoms with Crippen molar-refractivity contribution in [3.8, 4) is 0 Å². The zero-order valence-corrected chi connectivity index (χ0v) is 11.1. The Morgan fingerprint density at radius 3 is 1.53 bits per heavy atom. The van der Waals surface area contributed by atoms with Crippen LogP contribution < -0.4 is 10.6 Å². The Morgan fingerprint density at radius 2 is 1.18 bits per heavy atom. The van der Waals surface area contributed by atoms with E-state index in [-0.39, 0.29) is 0 Å². The molecule has 1 heteroatoms. The molecule has 2 aromatic carbocycles. The van der Waals surface area contributed by atoms with Crippen LogP contribution in [0.5, 0.6) is 0 Å². The minimum Gasteiger partial charge on any atom is -0.0620 e. The Morgan fingerprint density at radius 1 is 0.765 bits per heavy atom. The van der Waals surface area contributed by atoms with E-state index in [1.807, 2.05) is 0 Å². The van der Waals surface area contributed by atoms with Crippen LogP contribution in [0.2, 0.25) is 0 Å². The molecule has 0 heterocycles. The van der Waals surface area contributed by atoms with E-state index >= 15 is 0 Å². The molecule has 0 aliphatic heterocycles. The molecule has 1 saturated carbocycles. The van der Waals surface area contributed by atoms with E-state index < -0.39 is 7.26 Å². The number of rotatable bonds is 3. The predicted molar refractivity (Wildman–Crippen MR) is 78.0 cm³/mol. The fourth-order valence-corrected chi connectivity index (χ4v) is 6.54. The average Bonchev–Trinajstić information content (AvgIpc) is 3.24. The molecule has 1 aliphatic rings. The molecule has 0 spiro atoms. The summed E-state index contributed by atoms with van der Waals surface area (Å²) in [6.45, 7) is 2.51. The van der Waals surface area contributed by atoms with Crippen LogP contribution in [-0.4, -0.2) is 12.3 Å². The van der Waals surface area contributed by atoms with E-state index in [0.29, 0.717) is 0 Å². The monoisotopic (exact) mass is 241 g/mol. The molecular weight excluding hydrogens is 223 g/mol. The van der Waals surface area contributed by atoms with Crippen LogP contribution >= 0.6 is 7.26 Å². The standard InChI is InChI=1S/C16H18P/c1-17(16-12-13-16,14-8-4-2-5-9-14)15-10-6-3-7-11-15/h2-11,16H,12-13H2,1H3/q+1. The van der Waals surface area contributed by atoms with Gasteiger partial charge in [-0.2, -0.15) is 0 Å². The highest BCUT2D eigenvalue weighted by molar-refractivity contribution is 7.89. The lowest BCUT2D eigenvalue weighted by molar-refractivity contribution is 1.46. The van der Waals surface area contributed by atoms with Crippen LogP contribution in [0.15, 0.2) is 60.7 Å². The van der Waals surface area contributed by atoms with Crippen molar-refractivity contribution in [1.82, 2.24) is 0 Å². The number of benzene rings is 2. The van der Waals surface area contributed by atoms with Gasteiger partial charge in [0, 0.05) is 0 Å². The lowest BCUT2D eigenvalue weighted by Crippen LogP contribution is -2.24. The van der Waals surface area contributed by atoms with Gasteiger partial charge >= 0.3 is 0 Å². The summed E-state index contributed by atoms with van der Waals surface area (Å²) in [5.74, 6) is 0. The molecule has 3 rings (SSSR count). The van der Waals surface area contributed by atoms with E-state index in [9.17, 15) is 0 Å². The van der Waals surface area contributed by atoms with E-state index in [1.165, 1.54) is 12.8 Å². The zero-order valence-electron chi connectivity index (χ0n) is 10.2. The molecule has 0 atom stereocenters. The zero-order chi connectivity index (χ0) is 11.7. The van der Waals surface area contributed by atoms with Gasteiger partial charge in [-0.25, -0.2) is 0 Å². The maximum Gasteiger partial charge on any atom is 0.0991 e. The van der Waals surface area contributed by atoms with Gasteiger partial charge in [-0.1, -0.05) is 36.4 Å². The minimum absolute atomic E-state index is 0.923. The van der Waals surface area contributed by atoms with Crippen molar-refractivity contribution >= 4 is 17.9 Å². The van der Waals surface area contributed by atoms with Crippen molar-refractivity contribution in [2.75, 3.05) is 6.66 Å². The molecule has 0 radical (unpaired) electrons. The normalized spacial score (nSPS) is 15.8. The first-order valence-corrected chi connectivity index (χ1v) is 8.60. The Hall–Kier alpha value is -1.13. The topological polar surface area (TPSA) is 0 Å². The first-order valence-electron chi connectivity index (χ1n) is 6.29. The minimum atomic E-state index is -1.13. The second kappa shape index (κ2) is 4.27. The molecule has 0 N–H and O–H groups in total. The molecule has 1 fully saturated rings. The molecule has 0 aromatic heterocycles. The summed E-state index contributed by atoms with van der Waals surface area (Å²) < 4.78 is 0. The molecular formula is C16H18P+. The van der Waals surface area contributed by atoms with Gasteiger partial charge in [0.05, 0.1) is 30.2 Å². The maximum atomic E-state index is 2.51. The molecule has 0 bridgehead atoms. The summed E-state index contributed by atoms with van der Waals surface area (Å²) in [4.78, 5) is 0. The summed E-state index contributed by atoms with van der Waals surface area (Å²) in [5, 5.41) is 3.13. The third kappa shape index (κ3) is 1.91. The van der Waals surface area contributed by atoms with Gasteiger partial charge in [-0.15, -0.1) is 0 Å². The van der Waals surface area contributed by atoms with Gasteiger partial charge in [-0.05, 0) is 37.1 Å². The smallest absolute Gasteiger partial charge is 0.0620 e. The van der Waals surface area contributed by atoms with Gasteiger partial charge in [0.15, 0.2) is 0 Å². The highest BCUT2D eigenvalue weighted by Gasteiger charge is 2.51. The fourth-order valence-electron chi connectivity index (χ4n) is 2.64. The van der Waals surface area contributed by atoms with Gasteiger partial charge in [0.2, 0.25) is 0 Å². The van der Waals surface area contributed by atoms with Crippen LogP contribution in [0.3, 0.4) is 0 Å². The van der Waals surface area contributed by atoms with Gasteiger partial charge in [0.1, 0.15) is 0 Å². The Balaban J connectivity index is 2.11. The summed E-state index contributed by atoms with van der Waals surface area (Å²) in [7, 11) is -1.13. The van der Waals surface area contributed by atoms with Crippen molar-refractivity contribution < 1.29 is 0 Å². The van der Waals surface area contributed by atoms with Crippen LogP contribution in [0.25, 0.3) is 0 Å². The van der Waals surface area contributed by atoms with E-state index in [2.05, 4.69) is 67.3 Å². The summed E-state index contributed by atoms with van der Waals surface area (Å²) in [6, 6.07) is 22.2. The van der Waals surface area contributed by atoms with E-state index in [4.69, 9.17) is 0 Å². The Kier molecular flexibility index (Phi) is 2.76. The number of hydrogen-bond donors (Lipinski definition) is 0. The van der Waals surface area contributed by atoms with E-state index in [0.717, 1.165) is 5.66 Å². The average molecular weight is 241 g/mol. The van der Waals surface area contributed by atoms with Crippen molar-refractivity contribution in [3.05, 3.63) is 60.7 Å². The van der Waals surface area contributed by atoms with Crippen molar-refractivity contribution in [2.45, 2.75) is 18.5 Å². The predicted octanol–water partition coefficient (Wildman–Crippen LogP) is 3.45. The first kappa shape index (κ1) is 11.0. The molecule has 0 unspecified atom stereocenters. The van der Waals surface area contributed by atoms with Crippen molar-refractivity contribution in [1.29, 1.82) is 0 Å². The lowest BCUT2D eigenvalue weighted by atomic mass is 10.4. The summed E-state index contributed by atoms with van der Waals surface area (Å²) in [6.07, 6.45) is 2.82. The molecule has 0 saturated heterocycles. The molecule has 0 nitrogen and oxygen atoms in total. The first-order chi connectivity index (χ1) is 8.32. The van der Waals surface area contributed by atoms with E-state index in [1.54, 1.807) is 10.6 Å². The fraction of sp³-hybridized carbons (Fsp3) is 0.250. The molecule has 17 heavy (non-hydrogen) atoms. The SMILES string of the molecule is C[P+](c1ccccc1)(c1ccccc1)C1CC1. The highest BCUT2D eigenvalue weighted by Crippen LogP contribution is 2.65. The molecule has 86 valence electrons. The maximum absolute atomic E-state index is 2.51. The van der Waals surface area contributed by atoms with Crippen LogP contribution in [0, 0.1) is 0 Å². The second-order valence-corrected chi connectivity index (χ2v) is 8.89. The molecule has 0 amide bonds. The van der Waals surface area contributed by atoms with Crippen molar-refractivity contribution in [2.24, 2.45) is 0 Å². The van der Waals surface area contributed by atoms with Gasteiger partial charge in [0.25, 0.3) is 0 Å². The second-order valence-electron chi connectivity index (χ2n) is 4.98. The third-order valence-electron chi connectivity index (χ3n) is 3.86. The van der Waals surface area contributed by atoms with Crippen LogP contribution in [0.4, 0.5) is 0 Å². The Labute approximate surface area is 104 Å². The van der Waals surface area contributed by atoms with Gasteiger partial charge < -0.3 is 0 Å². The van der Waals surface area contributed by atoms with Gasteiger partial charge in [-0.3, -0.25) is 0 Å².